The van der Waals surface area contributed by atoms with Crippen LogP contribution in [0.1, 0.15) is 35.4 Å². The van der Waals surface area contributed by atoms with Crippen molar-refractivity contribution in [3.63, 3.8) is 0 Å². The molecule has 1 spiro atoms. The first kappa shape index (κ1) is 7.63. The van der Waals surface area contributed by atoms with E-state index in [0.29, 0.717) is 5.22 Å². The summed E-state index contributed by atoms with van der Waals surface area (Å²) in [7, 11) is 0. The van der Waals surface area contributed by atoms with E-state index in [2.05, 4.69) is 0 Å². The van der Waals surface area contributed by atoms with Crippen LogP contribution < -0.4 is 0 Å². The van der Waals surface area contributed by atoms with Gasteiger partial charge >= 0.3 is 0 Å². The summed E-state index contributed by atoms with van der Waals surface area (Å²) < 4.78 is 5.24. The van der Waals surface area contributed by atoms with Crippen molar-refractivity contribution < 1.29 is 9.21 Å². The number of carbonyl (C=O) groups excluding carboxylic acids is 1. The van der Waals surface area contributed by atoms with Crippen LogP contribution in [0.15, 0.2) is 10.5 Å². The Morgan fingerprint density at radius 1 is 1.38 bits per heavy atom. The lowest BCUT2D eigenvalue weighted by molar-refractivity contribution is 0.0875. The molecular formula is C10H9ClO2. The van der Waals surface area contributed by atoms with Crippen molar-refractivity contribution in [3.05, 3.63) is 22.6 Å². The van der Waals surface area contributed by atoms with Crippen LogP contribution in [0.3, 0.4) is 0 Å². The number of aryl methyl sites for hydroxylation is 1. The van der Waals surface area contributed by atoms with Crippen molar-refractivity contribution in [1.82, 2.24) is 0 Å². The largest absolute Gasteiger partial charge is 0.449 e. The van der Waals surface area contributed by atoms with Gasteiger partial charge in [-0.2, -0.15) is 0 Å². The summed E-state index contributed by atoms with van der Waals surface area (Å²) in [6.07, 6.45) is 3.92. The summed E-state index contributed by atoms with van der Waals surface area (Å²) in [6.45, 7) is 0. The maximum absolute atomic E-state index is 11.9. The van der Waals surface area contributed by atoms with Crippen molar-refractivity contribution in [2.45, 2.75) is 25.7 Å². The van der Waals surface area contributed by atoms with Crippen LogP contribution >= 0.6 is 11.6 Å². The van der Waals surface area contributed by atoms with Gasteiger partial charge in [-0.15, -0.1) is 0 Å². The minimum absolute atomic E-state index is 0.0137. The molecule has 2 aliphatic carbocycles. The number of hydrogen-bond donors (Lipinski definition) is 0. The molecule has 0 amide bonds. The molecule has 0 bridgehead atoms. The normalized spacial score (nSPS) is 23.3. The Kier molecular flexibility index (Phi) is 1.28. The Morgan fingerprint density at radius 3 is 2.85 bits per heavy atom. The van der Waals surface area contributed by atoms with Crippen LogP contribution in [-0.2, 0) is 6.42 Å². The van der Waals surface area contributed by atoms with Crippen molar-refractivity contribution in [3.8, 4) is 0 Å². The van der Waals surface area contributed by atoms with Gasteiger partial charge in [-0.3, -0.25) is 4.79 Å². The lowest BCUT2D eigenvalue weighted by Crippen LogP contribution is -2.22. The van der Waals surface area contributed by atoms with Crippen LogP contribution in [-0.4, -0.2) is 5.78 Å². The van der Waals surface area contributed by atoms with Crippen LogP contribution in [0.25, 0.3) is 0 Å². The van der Waals surface area contributed by atoms with E-state index >= 15 is 0 Å². The van der Waals surface area contributed by atoms with Gasteiger partial charge in [-0.1, -0.05) is 0 Å². The molecule has 1 aromatic rings. The quantitative estimate of drug-likeness (QED) is 0.639. The highest BCUT2D eigenvalue weighted by molar-refractivity contribution is 6.29. The summed E-state index contributed by atoms with van der Waals surface area (Å²) in [5.74, 6) is 1.04. The highest BCUT2D eigenvalue weighted by Gasteiger charge is 2.52. The zero-order chi connectivity index (χ0) is 9.05. The molecule has 68 valence electrons. The smallest absolute Gasteiger partial charge is 0.194 e. The van der Waals surface area contributed by atoms with E-state index in [1.54, 1.807) is 6.07 Å². The number of carbonyl (C=O) groups is 1. The molecular weight excluding hydrogens is 188 g/mol. The van der Waals surface area contributed by atoms with Crippen molar-refractivity contribution in [2.24, 2.45) is 5.41 Å². The van der Waals surface area contributed by atoms with E-state index in [9.17, 15) is 4.79 Å². The zero-order valence-corrected chi connectivity index (χ0v) is 7.86. The molecule has 2 aliphatic rings. The predicted molar refractivity (Wildman–Crippen MR) is 48.0 cm³/mol. The first-order valence-electron chi connectivity index (χ1n) is 4.54. The van der Waals surface area contributed by atoms with Gasteiger partial charge in [0.1, 0.15) is 5.76 Å². The fourth-order valence-electron chi connectivity index (χ4n) is 2.15. The third-order valence-electron chi connectivity index (χ3n) is 3.19. The number of halogens is 1. The second-order valence-corrected chi connectivity index (χ2v) is 4.37. The van der Waals surface area contributed by atoms with E-state index < -0.39 is 0 Å². The van der Waals surface area contributed by atoms with Crippen molar-refractivity contribution in [2.75, 3.05) is 0 Å². The molecule has 0 saturated heterocycles. The second-order valence-electron chi connectivity index (χ2n) is 4.00. The molecule has 0 N–H and O–H groups in total. The third kappa shape index (κ3) is 0.923. The van der Waals surface area contributed by atoms with Gasteiger partial charge in [-0.05, 0) is 30.9 Å². The van der Waals surface area contributed by atoms with E-state index in [4.69, 9.17) is 16.0 Å². The number of furan rings is 1. The van der Waals surface area contributed by atoms with E-state index in [-0.39, 0.29) is 11.2 Å². The molecule has 1 aromatic heterocycles. The summed E-state index contributed by atoms with van der Waals surface area (Å²) in [5.41, 5.74) is 0.717. The molecule has 1 fully saturated rings. The molecule has 0 radical (unpaired) electrons. The van der Waals surface area contributed by atoms with Crippen LogP contribution in [0, 0.1) is 5.41 Å². The minimum atomic E-state index is -0.0137. The highest BCUT2D eigenvalue weighted by Crippen LogP contribution is 2.54. The van der Waals surface area contributed by atoms with Gasteiger partial charge in [0.2, 0.25) is 0 Å². The molecule has 1 heterocycles. The van der Waals surface area contributed by atoms with Gasteiger partial charge in [0.05, 0.1) is 5.56 Å². The zero-order valence-electron chi connectivity index (χ0n) is 7.10. The van der Waals surface area contributed by atoms with Gasteiger partial charge in [-0.25, -0.2) is 0 Å². The topological polar surface area (TPSA) is 30.2 Å². The maximum Gasteiger partial charge on any atom is 0.194 e. The Labute approximate surface area is 80.9 Å². The summed E-state index contributed by atoms with van der Waals surface area (Å²) in [5, 5.41) is 0.344. The first-order valence-corrected chi connectivity index (χ1v) is 4.92. The average Bonchev–Trinajstić information content (AvgIpc) is 2.78. The second kappa shape index (κ2) is 2.18. The number of hydrogen-bond acceptors (Lipinski definition) is 2. The Bertz CT molecular complexity index is 388. The molecule has 0 atom stereocenters. The Balaban J connectivity index is 2.12. The van der Waals surface area contributed by atoms with Gasteiger partial charge in [0, 0.05) is 17.9 Å². The van der Waals surface area contributed by atoms with Crippen LogP contribution in [0.2, 0.25) is 5.22 Å². The molecule has 3 rings (SSSR count). The Hall–Kier alpha value is -0.760. The molecule has 0 aromatic carbocycles. The van der Waals surface area contributed by atoms with Crippen LogP contribution in [0.4, 0.5) is 0 Å². The fraction of sp³-hybridized carbons (Fsp3) is 0.500. The minimum Gasteiger partial charge on any atom is -0.449 e. The molecule has 2 nitrogen and oxygen atoms in total. The van der Waals surface area contributed by atoms with E-state index in [1.807, 2.05) is 0 Å². The predicted octanol–water partition coefficient (Wildman–Crippen LogP) is 2.84. The fourth-order valence-corrected chi connectivity index (χ4v) is 2.36. The molecule has 0 unspecified atom stereocenters. The van der Waals surface area contributed by atoms with Gasteiger partial charge in [0.15, 0.2) is 11.0 Å². The van der Waals surface area contributed by atoms with E-state index in [0.717, 1.165) is 37.0 Å². The van der Waals surface area contributed by atoms with Crippen molar-refractivity contribution >= 4 is 17.4 Å². The van der Waals surface area contributed by atoms with E-state index in [1.165, 1.54) is 0 Å². The lowest BCUT2D eigenvalue weighted by atomic mass is 9.84. The molecule has 3 heteroatoms. The van der Waals surface area contributed by atoms with Gasteiger partial charge in [0.25, 0.3) is 0 Å². The molecule has 1 saturated carbocycles. The SMILES string of the molecule is O=C1c2cc(Cl)oc2CCC12CC2. The number of Topliss-reactive ketones (excluding diaryl/α,β-unsaturated/α-hetero) is 1. The maximum atomic E-state index is 11.9. The number of fused-ring (bicyclic) bond motifs is 1. The standard InChI is InChI=1S/C10H9ClO2/c11-8-5-6-7(13-8)1-2-10(3-4-10)9(6)12/h5H,1-4H2. The number of ketones is 1. The third-order valence-corrected chi connectivity index (χ3v) is 3.38. The molecule has 0 aliphatic heterocycles. The molecule has 13 heavy (non-hydrogen) atoms. The number of rotatable bonds is 0. The first-order chi connectivity index (χ1) is 6.21. The Morgan fingerprint density at radius 2 is 2.15 bits per heavy atom. The summed E-state index contributed by atoms with van der Waals surface area (Å²) in [4.78, 5) is 11.9. The van der Waals surface area contributed by atoms with Crippen LogP contribution in [0.5, 0.6) is 0 Å². The lowest BCUT2D eigenvalue weighted by Gasteiger charge is -2.17. The average molecular weight is 197 g/mol. The van der Waals surface area contributed by atoms with Gasteiger partial charge < -0.3 is 4.42 Å². The van der Waals surface area contributed by atoms with Crippen molar-refractivity contribution in [1.29, 1.82) is 0 Å². The monoisotopic (exact) mass is 196 g/mol. The summed E-state index contributed by atoms with van der Waals surface area (Å²) >= 11 is 5.71. The summed E-state index contributed by atoms with van der Waals surface area (Å²) in [6, 6.07) is 1.67. The highest BCUT2D eigenvalue weighted by atomic mass is 35.5.